The van der Waals surface area contributed by atoms with Crippen LogP contribution in [0, 0.1) is 0 Å². The summed E-state index contributed by atoms with van der Waals surface area (Å²) in [5.74, 6) is -1.49. The molecule has 0 aliphatic carbocycles. The highest BCUT2D eigenvalue weighted by atomic mass is 32.2. The number of carboxylic acid groups (broad SMARTS) is 1. The second-order valence-electron chi connectivity index (χ2n) is 5.57. The molecule has 1 unspecified atom stereocenters. The number of carboxylic acids is 1. The molecule has 0 aromatic heterocycles. The van der Waals surface area contributed by atoms with Crippen molar-refractivity contribution in [2.45, 2.75) is 4.90 Å². The smallest absolute Gasteiger partial charge is 0.377 e. The number of hydrogen-bond acceptors (Lipinski definition) is 4. The molecule has 5 nitrogen and oxygen atoms in total. The van der Waals surface area contributed by atoms with E-state index in [1.54, 1.807) is 0 Å². The summed E-state index contributed by atoms with van der Waals surface area (Å²) in [7, 11) is -1.30. The van der Waals surface area contributed by atoms with Crippen molar-refractivity contribution in [1.82, 2.24) is 0 Å². The molecule has 0 fully saturated rings. The minimum atomic E-state index is -1.51. The number of carbonyl (C=O) groups is 2. The average Bonchev–Trinajstić information content (AvgIpc) is 2.67. The van der Waals surface area contributed by atoms with Gasteiger partial charge in [0.15, 0.2) is 0 Å². The lowest BCUT2D eigenvalue weighted by Crippen LogP contribution is -2.13. The molecular formula is C20H16O5S. The van der Waals surface area contributed by atoms with Gasteiger partial charge in [0.2, 0.25) is 0 Å². The van der Waals surface area contributed by atoms with Crippen LogP contribution in [0.1, 0.15) is 10.4 Å². The second-order valence-corrected chi connectivity index (χ2v) is 7.14. The fraction of sp³-hybridized carbons (Fsp3) is 0.100. The molecule has 0 aliphatic heterocycles. The predicted octanol–water partition coefficient (Wildman–Crippen LogP) is 3.29. The van der Waals surface area contributed by atoms with Crippen molar-refractivity contribution in [1.29, 1.82) is 0 Å². The quantitative estimate of drug-likeness (QED) is 0.511. The van der Waals surface area contributed by atoms with Gasteiger partial charge in [0.25, 0.3) is 5.78 Å². The summed E-state index contributed by atoms with van der Waals surface area (Å²) >= 11 is 0. The maximum Gasteiger partial charge on any atom is 0.377 e. The van der Waals surface area contributed by atoms with E-state index in [4.69, 9.17) is 9.84 Å². The Bertz CT molecular complexity index is 979. The van der Waals surface area contributed by atoms with Crippen molar-refractivity contribution in [2.75, 3.05) is 12.4 Å². The molecule has 3 aromatic rings. The van der Waals surface area contributed by atoms with E-state index in [0.717, 1.165) is 10.8 Å². The highest BCUT2D eigenvalue weighted by Gasteiger charge is 2.14. The maximum absolute atomic E-state index is 12.3. The van der Waals surface area contributed by atoms with Crippen LogP contribution in [-0.4, -0.2) is 33.4 Å². The molecule has 3 rings (SSSR count). The first-order valence-electron chi connectivity index (χ1n) is 7.92. The monoisotopic (exact) mass is 368 g/mol. The Morgan fingerprint density at radius 2 is 1.62 bits per heavy atom. The van der Waals surface area contributed by atoms with Gasteiger partial charge in [0.05, 0.1) is 16.6 Å². The summed E-state index contributed by atoms with van der Waals surface area (Å²) in [6.07, 6.45) is 0. The van der Waals surface area contributed by atoms with Crippen LogP contribution in [0.5, 0.6) is 5.75 Å². The summed E-state index contributed by atoms with van der Waals surface area (Å²) in [4.78, 5) is 22.5. The van der Waals surface area contributed by atoms with E-state index >= 15 is 0 Å². The van der Waals surface area contributed by atoms with Crippen LogP contribution in [0.3, 0.4) is 0 Å². The standard InChI is InChI=1S/C20H16O5S/c21-19(20(22)23)15-6-9-18(10-7-15)26(24)12-11-25-17-8-5-14-3-1-2-4-16(14)13-17/h1-10,13H,11-12H2,(H,22,23). The molecule has 0 spiro atoms. The van der Waals surface area contributed by atoms with E-state index in [1.165, 1.54) is 24.3 Å². The zero-order valence-corrected chi connectivity index (χ0v) is 14.6. The number of ketones is 1. The largest absolute Gasteiger partial charge is 0.493 e. The molecule has 132 valence electrons. The Hall–Kier alpha value is -2.99. The highest BCUT2D eigenvalue weighted by molar-refractivity contribution is 7.85. The number of ether oxygens (including phenoxy) is 1. The van der Waals surface area contributed by atoms with E-state index in [2.05, 4.69) is 0 Å². The van der Waals surface area contributed by atoms with Crippen LogP contribution in [0.2, 0.25) is 0 Å². The fourth-order valence-electron chi connectivity index (χ4n) is 2.49. The summed E-state index contributed by atoms with van der Waals surface area (Å²) in [6, 6.07) is 19.5. The molecule has 0 heterocycles. The van der Waals surface area contributed by atoms with Gasteiger partial charge in [-0.05, 0) is 47.2 Å². The lowest BCUT2D eigenvalue weighted by Gasteiger charge is -2.08. The highest BCUT2D eigenvalue weighted by Crippen LogP contribution is 2.20. The SMILES string of the molecule is O=C(O)C(=O)c1ccc(S(=O)CCOc2ccc3ccccc3c2)cc1. The van der Waals surface area contributed by atoms with Crippen LogP contribution in [-0.2, 0) is 15.6 Å². The average molecular weight is 368 g/mol. The van der Waals surface area contributed by atoms with Crippen molar-refractivity contribution in [3.05, 3.63) is 72.3 Å². The van der Waals surface area contributed by atoms with Crippen LogP contribution in [0.15, 0.2) is 71.6 Å². The summed E-state index contributed by atoms with van der Waals surface area (Å²) in [6.45, 7) is 0.279. The number of aliphatic carboxylic acids is 1. The van der Waals surface area contributed by atoms with Crippen LogP contribution >= 0.6 is 0 Å². The summed E-state index contributed by atoms with van der Waals surface area (Å²) < 4.78 is 18.0. The van der Waals surface area contributed by atoms with Crippen molar-refractivity contribution >= 4 is 33.3 Å². The number of fused-ring (bicyclic) bond motifs is 1. The van der Waals surface area contributed by atoms with E-state index in [9.17, 15) is 13.8 Å². The number of carbonyl (C=O) groups excluding carboxylic acids is 1. The summed E-state index contributed by atoms with van der Waals surface area (Å²) in [5, 5.41) is 10.9. The zero-order chi connectivity index (χ0) is 18.5. The molecule has 1 atom stereocenters. The summed E-state index contributed by atoms with van der Waals surface area (Å²) in [5.41, 5.74) is 0.0608. The first-order valence-corrected chi connectivity index (χ1v) is 9.24. The van der Waals surface area contributed by atoms with Gasteiger partial charge in [0, 0.05) is 10.5 Å². The molecule has 0 saturated heterocycles. The molecular weight excluding hydrogens is 352 g/mol. The maximum atomic E-state index is 12.3. The third kappa shape index (κ3) is 4.15. The van der Waals surface area contributed by atoms with E-state index in [1.807, 2.05) is 42.5 Å². The molecule has 0 amide bonds. The van der Waals surface area contributed by atoms with Gasteiger partial charge < -0.3 is 9.84 Å². The minimum Gasteiger partial charge on any atom is -0.493 e. The van der Waals surface area contributed by atoms with Gasteiger partial charge in [-0.2, -0.15) is 0 Å². The third-order valence-electron chi connectivity index (χ3n) is 3.83. The van der Waals surface area contributed by atoms with Gasteiger partial charge in [-0.1, -0.05) is 30.3 Å². The van der Waals surface area contributed by atoms with E-state index in [-0.39, 0.29) is 12.2 Å². The zero-order valence-electron chi connectivity index (χ0n) is 13.8. The minimum absolute atomic E-state index is 0.0608. The molecule has 26 heavy (non-hydrogen) atoms. The van der Waals surface area contributed by atoms with Gasteiger partial charge in [0.1, 0.15) is 12.4 Å². The molecule has 0 bridgehead atoms. The Morgan fingerprint density at radius 3 is 2.31 bits per heavy atom. The fourth-order valence-corrected chi connectivity index (χ4v) is 3.40. The van der Waals surface area contributed by atoms with Crippen molar-refractivity contribution in [3.8, 4) is 5.75 Å². The lowest BCUT2D eigenvalue weighted by molar-refractivity contribution is -0.131. The van der Waals surface area contributed by atoms with Gasteiger partial charge in [-0.25, -0.2) is 4.79 Å². The van der Waals surface area contributed by atoms with Crippen molar-refractivity contribution < 1.29 is 23.6 Å². The lowest BCUT2D eigenvalue weighted by atomic mass is 10.1. The van der Waals surface area contributed by atoms with Gasteiger partial charge >= 0.3 is 5.97 Å². The number of hydrogen-bond donors (Lipinski definition) is 1. The molecule has 6 heteroatoms. The number of Topliss-reactive ketones (excluding diaryl/α,β-unsaturated/α-hetero) is 1. The Balaban J connectivity index is 1.58. The molecule has 3 aromatic carbocycles. The van der Waals surface area contributed by atoms with Crippen LogP contribution in [0.25, 0.3) is 10.8 Å². The Morgan fingerprint density at radius 1 is 0.923 bits per heavy atom. The van der Waals surface area contributed by atoms with Crippen LogP contribution in [0.4, 0.5) is 0 Å². The first-order chi connectivity index (χ1) is 12.5. The van der Waals surface area contributed by atoms with Gasteiger partial charge in [-0.15, -0.1) is 0 Å². The number of benzene rings is 3. The predicted molar refractivity (Wildman–Crippen MR) is 99.1 cm³/mol. The topological polar surface area (TPSA) is 80.7 Å². The Labute approximate surface area is 152 Å². The third-order valence-corrected chi connectivity index (χ3v) is 5.17. The van der Waals surface area contributed by atoms with Crippen molar-refractivity contribution in [3.63, 3.8) is 0 Å². The second kappa shape index (κ2) is 7.93. The Kier molecular flexibility index (Phi) is 5.43. The van der Waals surface area contributed by atoms with Crippen LogP contribution < -0.4 is 4.74 Å². The number of rotatable bonds is 7. The van der Waals surface area contributed by atoms with Gasteiger partial charge in [-0.3, -0.25) is 9.00 Å². The first kappa shape index (κ1) is 17.8. The normalized spacial score (nSPS) is 11.8. The van der Waals surface area contributed by atoms with Crippen molar-refractivity contribution in [2.24, 2.45) is 0 Å². The van der Waals surface area contributed by atoms with E-state index < -0.39 is 22.6 Å². The molecule has 0 saturated carbocycles. The van der Waals surface area contributed by atoms with E-state index in [0.29, 0.717) is 16.4 Å². The molecule has 0 aliphatic rings. The molecule has 1 N–H and O–H groups in total. The molecule has 0 radical (unpaired) electrons.